The first-order chi connectivity index (χ1) is 5.08. The van der Waals surface area contributed by atoms with Gasteiger partial charge in [0, 0.05) is 7.11 Å². The van der Waals surface area contributed by atoms with Crippen LogP contribution in [0.3, 0.4) is 0 Å². The van der Waals surface area contributed by atoms with E-state index in [4.69, 9.17) is 10.5 Å². The SMILES string of the molecule is CCC(OC)C(C)(C)CCN. The molecule has 1 atom stereocenters. The normalized spacial score (nSPS) is 15.0. The van der Waals surface area contributed by atoms with Crippen LogP contribution in [0.5, 0.6) is 0 Å². The van der Waals surface area contributed by atoms with Gasteiger partial charge in [-0.25, -0.2) is 0 Å². The molecule has 0 radical (unpaired) electrons. The Hall–Kier alpha value is -0.0800. The van der Waals surface area contributed by atoms with Crippen molar-refractivity contribution in [2.75, 3.05) is 13.7 Å². The second-order valence-electron chi connectivity index (χ2n) is 3.66. The van der Waals surface area contributed by atoms with Crippen molar-refractivity contribution in [1.29, 1.82) is 0 Å². The van der Waals surface area contributed by atoms with E-state index in [0.717, 1.165) is 19.4 Å². The maximum atomic E-state index is 5.51. The number of hydrogen-bond donors (Lipinski definition) is 1. The van der Waals surface area contributed by atoms with E-state index in [9.17, 15) is 0 Å². The molecule has 2 N–H and O–H groups in total. The van der Waals surface area contributed by atoms with Crippen LogP contribution in [0.1, 0.15) is 33.6 Å². The Kier molecular flexibility index (Phi) is 4.69. The van der Waals surface area contributed by atoms with E-state index in [1.54, 1.807) is 7.11 Å². The Balaban J connectivity index is 4.00. The van der Waals surface area contributed by atoms with Gasteiger partial charge in [-0.15, -0.1) is 0 Å². The Morgan fingerprint density at radius 2 is 2.00 bits per heavy atom. The topological polar surface area (TPSA) is 35.2 Å². The first kappa shape index (κ1) is 10.9. The van der Waals surface area contributed by atoms with Gasteiger partial charge in [0.05, 0.1) is 6.10 Å². The Morgan fingerprint density at radius 1 is 1.45 bits per heavy atom. The molecule has 0 saturated heterocycles. The highest BCUT2D eigenvalue weighted by molar-refractivity contribution is 4.78. The van der Waals surface area contributed by atoms with Gasteiger partial charge in [0.2, 0.25) is 0 Å². The molecule has 0 bridgehead atoms. The third kappa shape index (κ3) is 3.21. The summed E-state index contributed by atoms with van der Waals surface area (Å²) in [6, 6.07) is 0. The second kappa shape index (κ2) is 4.73. The van der Waals surface area contributed by atoms with Crippen LogP contribution in [-0.2, 0) is 4.74 Å². The van der Waals surface area contributed by atoms with E-state index in [2.05, 4.69) is 20.8 Å². The van der Waals surface area contributed by atoms with Crippen molar-refractivity contribution >= 4 is 0 Å². The van der Waals surface area contributed by atoms with E-state index in [-0.39, 0.29) is 5.41 Å². The van der Waals surface area contributed by atoms with Crippen molar-refractivity contribution in [3.05, 3.63) is 0 Å². The minimum absolute atomic E-state index is 0.220. The Morgan fingerprint density at radius 3 is 2.27 bits per heavy atom. The quantitative estimate of drug-likeness (QED) is 0.663. The van der Waals surface area contributed by atoms with Crippen molar-refractivity contribution in [3.63, 3.8) is 0 Å². The minimum Gasteiger partial charge on any atom is -0.381 e. The summed E-state index contributed by atoms with van der Waals surface area (Å²) in [6.45, 7) is 7.30. The van der Waals surface area contributed by atoms with Crippen LogP contribution in [-0.4, -0.2) is 19.8 Å². The van der Waals surface area contributed by atoms with Gasteiger partial charge in [-0.2, -0.15) is 0 Å². The fourth-order valence-corrected chi connectivity index (χ4v) is 1.57. The number of rotatable bonds is 5. The predicted octanol–water partition coefficient (Wildman–Crippen LogP) is 1.79. The summed E-state index contributed by atoms with van der Waals surface area (Å²) < 4.78 is 5.36. The summed E-state index contributed by atoms with van der Waals surface area (Å²) in [5.41, 5.74) is 5.73. The van der Waals surface area contributed by atoms with Gasteiger partial charge >= 0.3 is 0 Å². The molecule has 0 heterocycles. The molecule has 1 unspecified atom stereocenters. The molecule has 0 aromatic carbocycles. The largest absolute Gasteiger partial charge is 0.381 e. The summed E-state index contributed by atoms with van der Waals surface area (Å²) in [5.74, 6) is 0. The zero-order chi connectivity index (χ0) is 8.91. The van der Waals surface area contributed by atoms with E-state index in [1.165, 1.54) is 0 Å². The van der Waals surface area contributed by atoms with Gasteiger partial charge < -0.3 is 10.5 Å². The standard InChI is InChI=1S/C9H21NO/c1-5-8(11-4)9(2,3)6-7-10/h8H,5-7,10H2,1-4H3. The molecule has 0 fully saturated rings. The van der Waals surface area contributed by atoms with Crippen molar-refractivity contribution in [2.24, 2.45) is 11.1 Å². The van der Waals surface area contributed by atoms with Gasteiger partial charge in [-0.3, -0.25) is 0 Å². The van der Waals surface area contributed by atoms with E-state index < -0.39 is 0 Å². The van der Waals surface area contributed by atoms with Crippen molar-refractivity contribution < 1.29 is 4.74 Å². The van der Waals surface area contributed by atoms with Crippen molar-refractivity contribution in [2.45, 2.75) is 39.7 Å². The molecule has 11 heavy (non-hydrogen) atoms. The average molecular weight is 159 g/mol. The molecule has 2 heteroatoms. The first-order valence-corrected chi connectivity index (χ1v) is 4.31. The molecule has 0 rings (SSSR count). The minimum atomic E-state index is 0.220. The zero-order valence-corrected chi connectivity index (χ0v) is 8.18. The lowest BCUT2D eigenvalue weighted by Gasteiger charge is -2.32. The molecule has 0 amide bonds. The monoisotopic (exact) mass is 159 g/mol. The van der Waals surface area contributed by atoms with E-state index in [0.29, 0.717) is 6.10 Å². The molecule has 0 aliphatic heterocycles. The van der Waals surface area contributed by atoms with Crippen LogP contribution in [0.25, 0.3) is 0 Å². The van der Waals surface area contributed by atoms with Crippen LogP contribution < -0.4 is 5.73 Å². The van der Waals surface area contributed by atoms with Crippen LogP contribution >= 0.6 is 0 Å². The lowest BCUT2D eigenvalue weighted by molar-refractivity contribution is 0.00123. The third-order valence-corrected chi connectivity index (χ3v) is 2.32. The van der Waals surface area contributed by atoms with Crippen LogP contribution in [0.4, 0.5) is 0 Å². The summed E-state index contributed by atoms with van der Waals surface area (Å²) in [4.78, 5) is 0. The summed E-state index contributed by atoms with van der Waals surface area (Å²) in [5, 5.41) is 0. The number of nitrogens with two attached hydrogens (primary N) is 1. The molecule has 0 aromatic heterocycles. The van der Waals surface area contributed by atoms with Crippen molar-refractivity contribution in [1.82, 2.24) is 0 Å². The van der Waals surface area contributed by atoms with Gasteiger partial charge in [0.25, 0.3) is 0 Å². The molecular formula is C9H21NO. The van der Waals surface area contributed by atoms with Gasteiger partial charge in [0.15, 0.2) is 0 Å². The molecule has 0 aliphatic rings. The van der Waals surface area contributed by atoms with E-state index >= 15 is 0 Å². The third-order valence-electron chi connectivity index (χ3n) is 2.32. The maximum Gasteiger partial charge on any atom is 0.0620 e. The smallest absolute Gasteiger partial charge is 0.0620 e. The maximum absolute atomic E-state index is 5.51. The zero-order valence-electron chi connectivity index (χ0n) is 8.18. The first-order valence-electron chi connectivity index (χ1n) is 4.31. The van der Waals surface area contributed by atoms with Crippen molar-refractivity contribution in [3.8, 4) is 0 Å². The van der Waals surface area contributed by atoms with Crippen LogP contribution in [0.15, 0.2) is 0 Å². The average Bonchev–Trinajstić information content (AvgIpc) is 1.89. The lowest BCUT2D eigenvalue weighted by atomic mass is 9.82. The highest BCUT2D eigenvalue weighted by atomic mass is 16.5. The fourth-order valence-electron chi connectivity index (χ4n) is 1.57. The van der Waals surface area contributed by atoms with Gasteiger partial charge in [-0.05, 0) is 24.8 Å². The van der Waals surface area contributed by atoms with Crippen LogP contribution in [0.2, 0.25) is 0 Å². The highest BCUT2D eigenvalue weighted by Crippen LogP contribution is 2.28. The number of ether oxygens (including phenoxy) is 1. The molecule has 0 saturated carbocycles. The lowest BCUT2D eigenvalue weighted by Crippen LogP contribution is -2.32. The number of methoxy groups -OCH3 is 1. The molecule has 2 nitrogen and oxygen atoms in total. The van der Waals surface area contributed by atoms with E-state index in [1.807, 2.05) is 0 Å². The summed E-state index contributed by atoms with van der Waals surface area (Å²) >= 11 is 0. The van der Waals surface area contributed by atoms with Crippen LogP contribution in [0, 0.1) is 5.41 Å². The van der Waals surface area contributed by atoms with Gasteiger partial charge in [0.1, 0.15) is 0 Å². The molecule has 0 aliphatic carbocycles. The highest BCUT2D eigenvalue weighted by Gasteiger charge is 2.26. The predicted molar refractivity (Wildman–Crippen MR) is 48.5 cm³/mol. The summed E-state index contributed by atoms with van der Waals surface area (Å²) in [7, 11) is 1.77. The molecule has 68 valence electrons. The second-order valence-corrected chi connectivity index (χ2v) is 3.66. The fraction of sp³-hybridized carbons (Fsp3) is 1.00. The van der Waals surface area contributed by atoms with Gasteiger partial charge in [-0.1, -0.05) is 20.8 Å². The molecule has 0 spiro atoms. The Labute approximate surface area is 70.1 Å². The number of hydrogen-bond acceptors (Lipinski definition) is 2. The molecular weight excluding hydrogens is 138 g/mol. The summed E-state index contributed by atoms with van der Waals surface area (Å²) in [6.07, 6.45) is 2.43. The Bertz CT molecular complexity index is 97.7. The molecule has 0 aromatic rings.